The molecule has 3 heteroatoms. The van der Waals surface area contributed by atoms with Gasteiger partial charge in [-0.05, 0) is 30.0 Å². The molecule has 0 aromatic heterocycles. The number of hydrogen-bond acceptors (Lipinski definition) is 1. The topological polar surface area (TPSA) is 17.1 Å². The largest absolute Gasteiger partial charge is 0.294 e. The van der Waals surface area contributed by atoms with Gasteiger partial charge in [0, 0.05) is 11.5 Å². The molecule has 3 rings (SSSR count). The van der Waals surface area contributed by atoms with Gasteiger partial charge in [0.1, 0.15) is 5.82 Å². The van der Waals surface area contributed by atoms with Crippen molar-refractivity contribution in [3.63, 3.8) is 0 Å². The first-order valence-electron chi connectivity index (χ1n) is 6.21. The summed E-state index contributed by atoms with van der Waals surface area (Å²) in [4.78, 5) is 12.3. The van der Waals surface area contributed by atoms with Crippen LogP contribution in [0.15, 0.2) is 48.5 Å². The quantitative estimate of drug-likeness (QED) is 0.755. The fraction of sp³-hybridized carbons (Fsp3) is 0.188. The van der Waals surface area contributed by atoms with Crippen molar-refractivity contribution in [2.24, 2.45) is 5.92 Å². The molecule has 0 heterocycles. The van der Waals surface area contributed by atoms with Crippen LogP contribution < -0.4 is 0 Å². The molecule has 0 N–H and O–H groups in total. The van der Waals surface area contributed by atoms with E-state index in [1.54, 1.807) is 6.07 Å². The molecule has 2 atom stereocenters. The van der Waals surface area contributed by atoms with Crippen molar-refractivity contribution in [2.45, 2.75) is 12.3 Å². The Kier molecular flexibility index (Phi) is 3.11. The third-order valence-electron chi connectivity index (χ3n) is 3.57. The minimum absolute atomic E-state index is 0.0571. The minimum Gasteiger partial charge on any atom is -0.294 e. The first-order valence-corrected chi connectivity index (χ1v) is 6.59. The number of rotatable bonds is 3. The maximum Gasteiger partial charge on any atom is 0.168 e. The third kappa shape index (κ3) is 2.28. The molecule has 19 heavy (non-hydrogen) atoms. The molecule has 1 aliphatic carbocycles. The summed E-state index contributed by atoms with van der Waals surface area (Å²) < 4.78 is 13.4. The van der Waals surface area contributed by atoms with Gasteiger partial charge < -0.3 is 0 Å². The molecule has 0 saturated heterocycles. The summed E-state index contributed by atoms with van der Waals surface area (Å²) in [7, 11) is 0. The Hall–Kier alpha value is -1.67. The average Bonchev–Trinajstić information content (AvgIpc) is 3.22. The number of ketones is 1. The average molecular weight is 275 g/mol. The van der Waals surface area contributed by atoms with Crippen molar-refractivity contribution in [1.82, 2.24) is 0 Å². The Morgan fingerprint density at radius 3 is 2.58 bits per heavy atom. The van der Waals surface area contributed by atoms with E-state index in [0.717, 1.165) is 12.0 Å². The van der Waals surface area contributed by atoms with E-state index in [4.69, 9.17) is 11.6 Å². The number of halogens is 2. The second-order valence-corrected chi connectivity index (χ2v) is 5.20. The molecule has 2 aromatic carbocycles. The molecular formula is C16H12ClFO. The van der Waals surface area contributed by atoms with Crippen LogP contribution >= 0.6 is 11.6 Å². The summed E-state index contributed by atoms with van der Waals surface area (Å²) in [5.74, 6) is -0.419. The molecule has 1 saturated carbocycles. The highest BCUT2D eigenvalue weighted by molar-refractivity contribution is 6.34. The van der Waals surface area contributed by atoms with Gasteiger partial charge in [-0.2, -0.15) is 0 Å². The van der Waals surface area contributed by atoms with Gasteiger partial charge >= 0.3 is 0 Å². The standard InChI is InChI=1S/C16H12ClFO/c17-15-11(7-4-8-14(15)18)16(19)13-9-12(13)10-5-2-1-3-6-10/h1-8,12-13H,9H2. The lowest BCUT2D eigenvalue weighted by molar-refractivity contribution is 0.0965. The molecule has 0 radical (unpaired) electrons. The van der Waals surface area contributed by atoms with Crippen LogP contribution in [0.1, 0.15) is 28.3 Å². The van der Waals surface area contributed by atoms with E-state index in [1.165, 1.54) is 12.1 Å². The van der Waals surface area contributed by atoms with Gasteiger partial charge in [-0.25, -0.2) is 4.39 Å². The van der Waals surface area contributed by atoms with Gasteiger partial charge in [-0.1, -0.05) is 48.0 Å². The lowest BCUT2D eigenvalue weighted by Gasteiger charge is -2.04. The summed E-state index contributed by atoms with van der Waals surface area (Å²) in [6.07, 6.45) is 0.815. The Morgan fingerprint density at radius 1 is 1.11 bits per heavy atom. The summed E-state index contributed by atoms with van der Waals surface area (Å²) in [5.41, 5.74) is 1.46. The molecule has 0 amide bonds. The lowest BCUT2D eigenvalue weighted by Crippen LogP contribution is -2.05. The van der Waals surface area contributed by atoms with Gasteiger partial charge in [0.15, 0.2) is 5.78 Å². The first kappa shape index (κ1) is 12.4. The highest BCUT2D eigenvalue weighted by Gasteiger charge is 2.44. The van der Waals surface area contributed by atoms with Crippen molar-refractivity contribution in [1.29, 1.82) is 0 Å². The van der Waals surface area contributed by atoms with Gasteiger partial charge in [0.25, 0.3) is 0 Å². The number of benzene rings is 2. The molecule has 1 aliphatic rings. The first-order chi connectivity index (χ1) is 9.18. The fourth-order valence-electron chi connectivity index (χ4n) is 2.45. The number of Topliss-reactive ketones (excluding diaryl/α,β-unsaturated/α-hetero) is 1. The molecule has 0 bridgehead atoms. The maximum absolute atomic E-state index is 13.4. The zero-order valence-corrected chi connectivity index (χ0v) is 10.9. The molecule has 2 unspecified atom stereocenters. The molecule has 0 aliphatic heterocycles. The Balaban J connectivity index is 1.82. The molecule has 96 valence electrons. The fourth-order valence-corrected chi connectivity index (χ4v) is 2.67. The van der Waals surface area contributed by atoms with Crippen LogP contribution in [-0.2, 0) is 0 Å². The van der Waals surface area contributed by atoms with Crippen LogP contribution in [0.25, 0.3) is 0 Å². The van der Waals surface area contributed by atoms with Gasteiger partial charge in [-0.15, -0.1) is 0 Å². The molecule has 0 spiro atoms. The van der Waals surface area contributed by atoms with Gasteiger partial charge in [0.2, 0.25) is 0 Å². The summed E-state index contributed by atoms with van der Waals surface area (Å²) >= 11 is 5.86. The predicted molar refractivity (Wildman–Crippen MR) is 73.0 cm³/mol. The zero-order chi connectivity index (χ0) is 13.4. The van der Waals surface area contributed by atoms with E-state index in [9.17, 15) is 9.18 Å². The monoisotopic (exact) mass is 274 g/mol. The predicted octanol–water partition coefficient (Wildman–Crippen LogP) is 4.47. The molecule has 2 aromatic rings. The normalized spacial score (nSPS) is 21.2. The Labute approximate surface area is 116 Å². The molecule has 1 fully saturated rings. The Morgan fingerprint density at radius 2 is 1.84 bits per heavy atom. The van der Waals surface area contributed by atoms with Crippen molar-refractivity contribution in [3.05, 3.63) is 70.5 Å². The third-order valence-corrected chi connectivity index (χ3v) is 3.96. The second kappa shape index (κ2) is 4.78. The van der Waals surface area contributed by atoms with Crippen LogP contribution in [0, 0.1) is 11.7 Å². The van der Waals surface area contributed by atoms with E-state index in [2.05, 4.69) is 0 Å². The minimum atomic E-state index is -0.538. The van der Waals surface area contributed by atoms with Crippen LogP contribution in [0.3, 0.4) is 0 Å². The summed E-state index contributed by atoms with van der Waals surface area (Å²) in [5, 5.41) is -0.0637. The second-order valence-electron chi connectivity index (χ2n) is 4.83. The van der Waals surface area contributed by atoms with Crippen LogP contribution in [0.5, 0.6) is 0 Å². The smallest absolute Gasteiger partial charge is 0.168 e. The van der Waals surface area contributed by atoms with Gasteiger partial charge in [0.05, 0.1) is 5.02 Å². The number of carbonyl (C=O) groups is 1. The molecule has 1 nitrogen and oxygen atoms in total. The highest BCUT2D eigenvalue weighted by Crippen LogP contribution is 2.49. The van der Waals surface area contributed by atoms with Crippen molar-refractivity contribution >= 4 is 17.4 Å². The maximum atomic E-state index is 13.4. The van der Waals surface area contributed by atoms with E-state index in [-0.39, 0.29) is 22.6 Å². The van der Waals surface area contributed by atoms with Gasteiger partial charge in [-0.3, -0.25) is 4.79 Å². The Bertz CT molecular complexity index is 624. The highest BCUT2D eigenvalue weighted by atomic mass is 35.5. The molecular weight excluding hydrogens is 263 g/mol. The summed E-state index contributed by atoms with van der Waals surface area (Å²) in [6, 6.07) is 14.3. The van der Waals surface area contributed by atoms with Crippen molar-refractivity contribution in [2.75, 3.05) is 0 Å². The number of carbonyl (C=O) groups excluding carboxylic acids is 1. The lowest BCUT2D eigenvalue weighted by atomic mass is 10.0. The SMILES string of the molecule is O=C(c1cccc(F)c1Cl)C1CC1c1ccccc1. The zero-order valence-electron chi connectivity index (χ0n) is 10.1. The van der Waals surface area contributed by atoms with Crippen LogP contribution in [-0.4, -0.2) is 5.78 Å². The van der Waals surface area contributed by atoms with Crippen LogP contribution in [0.4, 0.5) is 4.39 Å². The van der Waals surface area contributed by atoms with Crippen molar-refractivity contribution in [3.8, 4) is 0 Å². The summed E-state index contributed by atoms with van der Waals surface area (Å²) in [6.45, 7) is 0. The number of hydrogen-bond donors (Lipinski definition) is 0. The van der Waals surface area contributed by atoms with Crippen LogP contribution in [0.2, 0.25) is 5.02 Å². The van der Waals surface area contributed by atoms with E-state index in [1.807, 2.05) is 30.3 Å². The van der Waals surface area contributed by atoms with Crippen molar-refractivity contribution < 1.29 is 9.18 Å². The van der Waals surface area contributed by atoms with E-state index >= 15 is 0 Å². The van der Waals surface area contributed by atoms with E-state index < -0.39 is 5.82 Å². The van der Waals surface area contributed by atoms with E-state index in [0.29, 0.717) is 5.56 Å².